The number of nitrogens with zero attached hydrogens (tertiary/aromatic N) is 1. The lowest BCUT2D eigenvalue weighted by Crippen LogP contribution is -2.24. The van der Waals surface area contributed by atoms with Crippen molar-refractivity contribution in [2.45, 2.75) is 82.8 Å². The van der Waals surface area contributed by atoms with Gasteiger partial charge in [-0.15, -0.1) is 0 Å². The summed E-state index contributed by atoms with van der Waals surface area (Å²) in [5.41, 5.74) is 3.35. The van der Waals surface area contributed by atoms with Gasteiger partial charge in [-0.3, -0.25) is 4.79 Å². The van der Waals surface area contributed by atoms with Gasteiger partial charge in [0, 0.05) is 24.6 Å². The molecule has 3 fully saturated rings. The Balaban J connectivity index is 1.37. The van der Waals surface area contributed by atoms with Crippen LogP contribution >= 0.6 is 0 Å². The van der Waals surface area contributed by atoms with Gasteiger partial charge >= 0.3 is 0 Å². The molecule has 164 valence electrons. The van der Waals surface area contributed by atoms with Crippen molar-refractivity contribution < 1.29 is 14.3 Å². The van der Waals surface area contributed by atoms with E-state index in [-0.39, 0.29) is 17.9 Å². The van der Waals surface area contributed by atoms with Crippen molar-refractivity contribution >= 4 is 11.6 Å². The van der Waals surface area contributed by atoms with Gasteiger partial charge in [0.1, 0.15) is 0 Å². The molecule has 2 aromatic carbocycles. The molecule has 3 aliphatic rings. The number of anilines is 1. The number of ether oxygens (including phenoxy) is 2. The van der Waals surface area contributed by atoms with Crippen LogP contribution in [0.5, 0.6) is 11.5 Å². The first-order valence-corrected chi connectivity index (χ1v) is 12.0. The molecule has 1 amide bonds. The SMILES string of the molecule is Cc1cccc(N2C[C@@H](c3ccc(OC4CCCC4)c(OC4CCCC4)c3)CC2=O)c1. The predicted molar refractivity (Wildman–Crippen MR) is 123 cm³/mol. The average molecular weight is 420 g/mol. The van der Waals surface area contributed by atoms with E-state index in [1.165, 1.54) is 36.8 Å². The molecular formula is C27H33NO3. The Morgan fingerprint density at radius 2 is 1.52 bits per heavy atom. The molecule has 2 saturated carbocycles. The van der Waals surface area contributed by atoms with E-state index >= 15 is 0 Å². The van der Waals surface area contributed by atoms with Crippen LogP contribution in [0.3, 0.4) is 0 Å². The number of amides is 1. The molecule has 4 nitrogen and oxygen atoms in total. The Morgan fingerprint density at radius 3 is 2.19 bits per heavy atom. The first-order valence-electron chi connectivity index (χ1n) is 12.0. The van der Waals surface area contributed by atoms with Gasteiger partial charge < -0.3 is 14.4 Å². The number of carbonyl (C=O) groups excluding carboxylic acids is 1. The molecule has 1 saturated heterocycles. The van der Waals surface area contributed by atoms with Crippen LogP contribution in [-0.2, 0) is 4.79 Å². The van der Waals surface area contributed by atoms with Gasteiger partial charge in [-0.2, -0.15) is 0 Å². The van der Waals surface area contributed by atoms with Crippen LogP contribution in [0.4, 0.5) is 5.69 Å². The zero-order chi connectivity index (χ0) is 21.2. The Hall–Kier alpha value is -2.49. The lowest BCUT2D eigenvalue weighted by atomic mass is 9.97. The molecule has 2 aromatic rings. The van der Waals surface area contributed by atoms with Crippen LogP contribution in [0.15, 0.2) is 42.5 Å². The number of rotatable bonds is 6. The van der Waals surface area contributed by atoms with E-state index in [0.29, 0.717) is 19.1 Å². The third-order valence-corrected chi connectivity index (χ3v) is 7.07. The molecule has 4 heteroatoms. The van der Waals surface area contributed by atoms with E-state index in [9.17, 15) is 4.79 Å². The number of carbonyl (C=O) groups is 1. The standard InChI is InChI=1S/C27H33NO3/c1-19-7-6-8-22(15-19)28-18-21(17-27(28)29)20-13-14-25(30-23-9-2-3-10-23)26(16-20)31-24-11-4-5-12-24/h6-8,13-16,21,23-24H,2-5,9-12,17-18H2,1H3/t21-/m0/s1. The van der Waals surface area contributed by atoms with Crippen molar-refractivity contribution in [2.24, 2.45) is 0 Å². The van der Waals surface area contributed by atoms with E-state index in [0.717, 1.165) is 42.9 Å². The second-order valence-electron chi connectivity index (χ2n) is 9.50. The highest BCUT2D eigenvalue weighted by Crippen LogP contribution is 2.39. The summed E-state index contributed by atoms with van der Waals surface area (Å²) in [7, 11) is 0. The smallest absolute Gasteiger partial charge is 0.227 e. The van der Waals surface area contributed by atoms with Gasteiger partial charge in [-0.1, -0.05) is 18.2 Å². The predicted octanol–water partition coefficient (Wildman–Crippen LogP) is 6.16. The van der Waals surface area contributed by atoms with Gasteiger partial charge in [-0.25, -0.2) is 0 Å². The first kappa shape index (κ1) is 20.4. The summed E-state index contributed by atoms with van der Waals surface area (Å²) < 4.78 is 12.8. The largest absolute Gasteiger partial charge is 0.487 e. The summed E-state index contributed by atoms with van der Waals surface area (Å²) >= 11 is 0. The van der Waals surface area contributed by atoms with Crippen molar-refractivity contribution in [1.29, 1.82) is 0 Å². The molecule has 0 N–H and O–H groups in total. The molecule has 5 rings (SSSR count). The maximum atomic E-state index is 12.8. The zero-order valence-electron chi connectivity index (χ0n) is 18.5. The van der Waals surface area contributed by atoms with E-state index in [2.05, 4.69) is 37.3 Å². The van der Waals surface area contributed by atoms with Crippen LogP contribution < -0.4 is 14.4 Å². The van der Waals surface area contributed by atoms with E-state index < -0.39 is 0 Å². The molecule has 0 unspecified atom stereocenters. The van der Waals surface area contributed by atoms with Crippen LogP contribution in [0.2, 0.25) is 0 Å². The van der Waals surface area contributed by atoms with E-state index in [4.69, 9.17) is 9.47 Å². The molecular weight excluding hydrogens is 386 g/mol. The van der Waals surface area contributed by atoms with Crippen molar-refractivity contribution in [2.75, 3.05) is 11.4 Å². The summed E-state index contributed by atoms with van der Waals surface area (Å²) in [6, 6.07) is 14.6. The monoisotopic (exact) mass is 419 g/mol. The topological polar surface area (TPSA) is 38.8 Å². The summed E-state index contributed by atoms with van der Waals surface area (Å²) in [6.45, 7) is 2.78. The molecule has 2 aliphatic carbocycles. The van der Waals surface area contributed by atoms with Gasteiger partial charge in [0.05, 0.1) is 12.2 Å². The third kappa shape index (κ3) is 4.58. The molecule has 1 aliphatic heterocycles. The van der Waals surface area contributed by atoms with Gasteiger partial charge in [0.2, 0.25) is 5.91 Å². The summed E-state index contributed by atoms with van der Waals surface area (Å²) in [5.74, 6) is 2.12. The molecule has 0 bridgehead atoms. The number of benzene rings is 2. The second-order valence-corrected chi connectivity index (χ2v) is 9.50. The highest BCUT2D eigenvalue weighted by molar-refractivity contribution is 5.96. The van der Waals surface area contributed by atoms with Crippen molar-refractivity contribution in [3.63, 3.8) is 0 Å². The first-order chi connectivity index (χ1) is 15.2. The number of hydrogen-bond acceptors (Lipinski definition) is 3. The fraction of sp³-hybridized carbons (Fsp3) is 0.519. The molecule has 0 aromatic heterocycles. The van der Waals surface area contributed by atoms with Gasteiger partial charge in [-0.05, 0) is 93.7 Å². The summed E-state index contributed by atoms with van der Waals surface area (Å²) in [6.07, 6.45) is 10.6. The highest BCUT2D eigenvalue weighted by Gasteiger charge is 2.32. The second kappa shape index (κ2) is 8.94. The molecule has 1 heterocycles. The average Bonchev–Trinajstić information content (AvgIpc) is 3.52. The highest BCUT2D eigenvalue weighted by atomic mass is 16.5. The lowest BCUT2D eigenvalue weighted by Gasteiger charge is -2.22. The molecule has 31 heavy (non-hydrogen) atoms. The summed E-state index contributed by atoms with van der Waals surface area (Å²) in [5, 5.41) is 0. The number of hydrogen-bond donors (Lipinski definition) is 0. The Bertz CT molecular complexity index is 928. The molecule has 1 atom stereocenters. The normalized spacial score (nSPS) is 22.4. The number of aryl methyl sites for hydroxylation is 1. The van der Waals surface area contributed by atoms with Crippen LogP contribution in [0, 0.1) is 6.92 Å². The minimum absolute atomic E-state index is 0.180. The minimum atomic E-state index is 0.180. The zero-order valence-corrected chi connectivity index (χ0v) is 18.5. The molecule has 0 radical (unpaired) electrons. The Morgan fingerprint density at radius 1 is 0.839 bits per heavy atom. The molecule has 0 spiro atoms. The Labute approximate surface area is 185 Å². The van der Waals surface area contributed by atoms with Gasteiger partial charge in [0.15, 0.2) is 11.5 Å². The quantitative estimate of drug-likeness (QED) is 0.563. The van der Waals surface area contributed by atoms with E-state index in [1.54, 1.807) is 0 Å². The fourth-order valence-corrected chi connectivity index (χ4v) is 5.32. The maximum absolute atomic E-state index is 12.8. The van der Waals surface area contributed by atoms with Gasteiger partial charge in [0.25, 0.3) is 0 Å². The van der Waals surface area contributed by atoms with Crippen LogP contribution in [0.25, 0.3) is 0 Å². The Kier molecular flexibility index (Phi) is 5.89. The van der Waals surface area contributed by atoms with E-state index in [1.807, 2.05) is 17.0 Å². The van der Waals surface area contributed by atoms with Crippen molar-refractivity contribution in [3.8, 4) is 11.5 Å². The maximum Gasteiger partial charge on any atom is 0.227 e. The van der Waals surface area contributed by atoms with Crippen LogP contribution in [0.1, 0.15) is 74.8 Å². The third-order valence-electron chi connectivity index (χ3n) is 7.07. The summed E-state index contributed by atoms with van der Waals surface area (Å²) in [4.78, 5) is 14.7. The lowest BCUT2D eigenvalue weighted by molar-refractivity contribution is -0.117. The van der Waals surface area contributed by atoms with Crippen molar-refractivity contribution in [3.05, 3.63) is 53.6 Å². The fourth-order valence-electron chi connectivity index (χ4n) is 5.32. The van der Waals surface area contributed by atoms with Crippen molar-refractivity contribution in [1.82, 2.24) is 0 Å². The minimum Gasteiger partial charge on any atom is -0.487 e. The van der Waals surface area contributed by atoms with Crippen LogP contribution in [-0.4, -0.2) is 24.7 Å².